The number of carbonyl (C=O) groups excluding carboxylic acids is 1. The highest BCUT2D eigenvalue weighted by Gasteiger charge is 2.12. The van der Waals surface area contributed by atoms with E-state index in [1.165, 1.54) is 7.11 Å². The van der Waals surface area contributed by atoms with Crippen molar-refractivity contribution in [3.63, 3.8) is 0 Å². The summed E-state index contributed by atoms with van der Waals surface area (Å²) in [5.74, 6) is 0.133. The molecule has 1 aromatic rings. The molecule has 1 amide bonds. The Hall–Kier alpha value is -1.55. The summed E-state index contributed by atoms with van der Waals surface area (Å²) < 4.78 is 5.09. The normalized spacial score (nSPS) is 11.2. The van der Waals surface area contributed by atoms with Crippen molar-refractivity contribution in [2.24, 2.45) is 5.10 Å². The van der Waals surface area contributed by atoms with Gasteiger partial charge in [0, 0.05) is 10.7 Å². The summed E-state index contributed by atoms with van der Waals surface area (Å²) in [7, 11) is 1.50. The van der Waals surface area contributed by atoms with Crippen LogP contribution in [-0.2, 0) is 0 Å². The highest BCUT2D eigenvalue weighted by Crippen LogP contribution is 2.22. The first-order chi connectivity index (χ1) is 8.08. The molecule has 0 aliphatic rings. The fourth-order valence-electron chi connectivity index (χ4n) is 1.14. The molecule has 0 bridgehead atoms. The van der Waals surface area contributed by atoms with Gasteiger partial charge in [0.25, 0.3) is 5.91 Å². The van der Waals surface area contributed by atoms with E-state index in [9.17, 15) is 4.79 Å². The summed E-state index contributed by atoms with van der Waals surface area (Å²) in [5.41, 5.74) is 3.68. The van der Waals surface area contributed by atoms with Crippen LogP contribution in [-0.4, -0.2) is 18.7 Å². The molecule has 92 valence electrons. The summed E-state index contributed by atoms with van der Waals surface area (Å²) >= 11 is 5.84. The van der Waals surface area contributed by atoms with Crippen molar-refractivity contribution in [1.29, 1.82) is 0 Å². The predicted molar refractivity (Wildman–Crippen MR) is 68.9 cm³/mol. The molecule has 1 aromatic carbocycles. The van der Waals surface area contributed by atoms with Crippen LogP contribution in [0.4, 0.5) is 0 Å². The van der Waals surface area contributed by atoms with Gasteiger partial charge in [0.05, 0.1) is 12.7 Å². The van der Waals surface area contributed by atoms with E-state index in [0.29, 0.717) is 16.3 Å². The Morgan fingerprint density at radius 2 is 2.24 bits per heavy atom. The second kappa shape index (κ2) is 6.25. The van der Waals surface area contributed by atoms with Crippen LogP contribution >= 0.6 is 11.6 Å². The number of benzene rings is 1. The van der Waals surface area contributed by atoms with Gasteiger partial charge in [-0.2, -0.15) is 5.10 Å². The Balaban J connectivity index is 2.91. The van der Waals surface area contributed by atoms with Crippen molar-refractivity contribution in [2.45, 2.75) is 20.3 Å². The summed E-state index contributed by atoms with van der Waals surface area (Å²) in [6.07, 6.45) is 0.785. The smallest absolute Gasteiger partial charge is 0.275 e. The maximum Gasteiger partial charge on any atom is 0.275 e. The second-order valence-corrected chi connectivity index (χ2v) is 3.92. The molecule has 0 aliphatic carbocycles. The third kappa shape index (κ3) is 3.75. The average molecular weight is 255 g/mol. The lowest BCUT2D eigenvalue weighted by molar-refractivity contribution is 0.0951. The van der Waals surface area contributed by atoms with Crippen molar-refractivity contribution in [3.05, 3.63) is 28.8 Å². The zero-order valence-corrected chi connectivity index (χ0v) is 10.8. The quantitative estimate of drug-likeness (QED) is 0.664. The molecule has 0 aromatic heterocycles. The first-order valence-electron chi connectivity index (χ1n) is 5.25. The van der Waals surface area contributed by atoms with Crippen LogP contribution in [0.25, 0.3) is 0 Å². The predicted octanol–water partition coefficient (Wildman–Crippen LogP) is 2.86. The number of hydrazone groups is 1. The van der Waals surface area contributed by atoms with Gasteiger partial charge >= 0.3 is 0 Å². The van der Waals surface area contributed by atoms with Crippen LogP contribution < -0.4 is 10.2 Å². The molecule has 0 atom stereocenters. The molecule has 0 saturated carbocycles. The number of ether oxygens (including phenoxy) is 1. The van der Waals surface area contributed by atoms with E-state index in [1.807, 2.05) is 13.8 Å². The van der Waals surface area contributed by atoms with Gasteiger partial charge in [-0.1, -0.05) is 18.5 Å². The SMILES string of the molecule is CCC(C)=NNC(=O)c1cc(Cl)ccc1OC. The number of hydrogen-bond acceptors (Lipinski definition) is 3. The van der Waals surface area contributed by atoms with Gasteiger partial charge in [-0.3, -0.25) is 4.79 Å². The molecule has 1 N–H and O–H groups in total. The average Bonchev–Trinajstić information content (AvgIpc) is 2.35. The Labute approximate surface area is 106 Å². The molecule has 17 heavy (non-hydrogen) atoms. The van der Waals surface area contributed by atoms with E-state index in [0.717, 1.165) is 12.1 Å². The summed E-state index contributed by atoms with van der Waals surface area (Å²) in [5, 5.41) is 4.42. The minimum atomic E-state index is -0.336. The van der Waals surface area contributed by atoms with Gasteiger partial charge in [-0.25, -0.2) is 5.43 Å². The molecule has 5 heteroatoms. The Bertz CT molecular complexity index is 444. The van der Waals surface area contributed by atoms with E-state index in [2.05, 4.69) is 10.5 Å². The molecule has 0 radical (unpaired) electrons. The number of carbonyl (C=O) groups is 1. The molecule has 0 unspecified atom stereocenters. The van der Waals surface area contributed by atoms with Crippen LogP contribution in [0.5, 0.6) is 5.75 Å². The number of rotatable bonds is 4. The van der Waals surface area contributed by atoms with Crippen LogP contribution in [0.2, 0.25) is 5.02 Å². The number of hydrogen-bond donors (Lipinski definition) is 1. The van der Waals surface area contributed by atoms with Crippen LogP contribution in [0.3, 0.4) is 0 Å². The monoisotopic (exact) mass is 254 g/mol. The standard InChI is InChI=1S/C12H15ClN2O2/c1-4-8(2)14-15-12(16)10-7-9(13)5-6-11(10)17-3/h5-7H,4H2,1-3H3,(H,15,16). The summed E-state index contributed by atoms with van der Waals surface area (Å²) in [6, 6.07) is 4.86. The summed E-state index contributed by atoms with van der Waals surface area (Å²) in [6.45, 7) is 3.81. The van der Waals surface area contributed by atoms with Gasteiger partial charge in [-0.05, 0) is 31.5 Å². The first-order valence-corrected chi connectivity index (χ1v) is 5.63. The van der Waals surface area contributed by atoms with Crippen molar-refractivity contribution in [1.82, 2.24) is 5.43 Å². The molecule has 4 nitrogen and oxygen atoms in total. The van der Waals surface area contributed by atoms with E-state index in [1.54, 1.807) is 18.2 Å². The maximum absolute atomic E-state index is 11.8. The Kier molecular flexibility index (Phi) is 4.97. The third-order valence-corrected chi connectivity index (χ3v) is 2.50. The van der Waals surface area contributed by atoms with Crippen LogP contribution in [0.1, 0.15) is 30.6 Å². The van der Waals surface area contributed by atoms with E-state index in [-0.39, 0.29) is 5.91 Å². The van der Waals surface area contributed by atoms with Gasteiger partial charge in [-0.15, -0.1) is 0 Å². The number of nitrogens with one attached hydrogen (secondary N) is 1. The highest BCUT2D eigenvalue weighted by atomic mass is 35.5. The van der Waals surface area contributed by atoms with Crippen LogP contribution in [0, 0.1) is 0 Å². The number of amides is 1. The van der Waals surface area contributed by atoms with Gasteiger partial charge in [0.15, 0.2) is 0 Å². The molecule has 0 fully saturated rings. The van der Waals surface area contributed by atoms with Gasteiger partial charge in [0.2, 0.25) is 0 Å². The van der Waals surface area contributed by atoms with E-state index >= 15 is 0 Å². The zero-order valence-electron chi connectivity index (χ0n) is 10.1. The fourth-order valence-corrected chi connectivity index (χ4v) is 1.32. The molecular formula is C12H15ClN2O2. The van der Waals surface area contributed by atoms with Gasteiger partial charge < -0.3 is 4.74 Å². The topological polar surface area (TPSA) is 50.7 Å². The molecule has 0 spiro atoms. The number of nitrogens with zero attached hydrogens (tertiary/aromatic N) is 1. The lowest BCUT2D eigenvalue weighted by Crippen LogP contribution is -2.19. The molecule has 1 rings (SSSR count). The Morgan fingerprint density at radius 1 is 1.53 bits per heavy atom. The Morgan fingerprint density at radius 3 is 2.82 bits per heavy atom. The van der Waals surface area contributed by atoms with Crippen molar-refractivity contribution < 1.29 is 9.53 Å². The zero-order chi connectivity index (χ0) is 12.8. The highest BCUT2D eigenvalue weighted by molar-refractivity contribution is 6.31. The largest absolute Gasteiger partial charge is 0.496 e. The van der Waals surface area contributed by atoms with Crippen molar-refractivity contribution >= 4 is 23.2 Å². The van der Waals surface area contributed by atoms with Crippen molar-refractivity contribution in [2.75, 3.05) is 7.11 Å². The molecule has 0 saturated heterocycles. The van der Waals surface area contributed by atoms with E-state index in [4.69, 9.17) is 16.3 Å². The van der Waals surface area contributed by atoms with E-state index < -0.39 is 0 Å². The minimum Gasteiger partial charge on any atom is -0.496 e. The van der Waals surface area contributed by atoms with Crippen molar-refractivity contribution in [3.8, 4) is 5.75 Å². The lowest BCUT2D eigenvalue weighted by atomic mass is 10.2. The van der Waals surface area contributed by atoms with Gasteiger partial charge in [0.1, 0.15) is 5.75 Å². The number of methoxy groups -OCH3 is 1. The molecule has 0 heterocycles. The maximum atomic E-state index is 11.8. The lowest BCUT2D eigenvalue weighted by Gasteiger charge is -2.07. The molecular weight excluding hydrogens is 240 g/mol. The first kappa shape index (κ1) is 13.5. The minimum absolute atomic E-state index is 0.336. The fraction of sp³-hybridized carbons (Fsp3) is 0.333. The second-order valence-electron chi connectivity index (χ2n) is 3.49. The number of halogens is 1. The molecule has 0 aliphatic heterocycles. The van der Waals surface area contributed by atoms with Crippen LogP contribution in [0.15, 0.2) is 23.3 Å². The summed E-state index contributed by atoms with van der Waals surface area (Å²) in [4.78, 5) is 11.8. The third-order valence-electron chi connectivity index (χ3n) is 2.27.